The Kier molecular flexibility index (Phi) is 6.06. The molecule has 1 N–H and O–H groups in total. The summed E-state index contributed by atoms with van der Waals surface area (Å²) in [7, 11) is 3.09. The maximum atomic E-state index is 11.8. The molecule has 0 aliphatic carbocycles. The normalized spacial score (nSPS) is 11.1. The van der Waals surface area contributed by atoms with Crippen LogP contribution in [0.4, 0.5) is 0 Å². The van der Waals surface area contributed by atoms with Crippen molar-refractivity contribution >= 4 is 17.6 Å². The van der Waals surface area contributed by atoms with Gasteiger partial charge in [-0.2, -0.15) is 0 Å². The first-order chi connectivity index (χ1) is 12.0. The minimum atomic E-state index is -1.03. The number of rotatable bonds is 7. The molecular weight excluding hydrogens is 320 g/mol. The van der Waals surface area contributed by atoms with E-state index in [-0.39, 0.29) is 5.57 Å². The van der Waals surface area contributed by atoms with Gasteiger partial charge in [0.05, 0.1) is 26.4 Å². The van der Waals surface area contributed by atoms with Crippen molar-refractivity contribution in [1.29, 1.82) is 0 Å². The molecule has 0 heterocycles. The predicted octanol–water partition coefficient (Wildman–Crippen LogP) is 4.04. The molecule has 0 radical (unpaired) electrons. The second-order valence-electron chi connectivity index (χ2n) is 5.41. The Bertz CT molecular complexity index is 793. The van der Waals surface area contributed by atoms with E-state index in [0.29, 0.717) is 35.0 Å². The van der Waals surface area contributed by atoms with Gasteiger partial charge in [0.1, 0.15) is 5.75 Å². The zero-order valence-corrected chi connectivity index (χ0v) is 14.8. The fourth-order valence-electron chi connectivity index (χ4n) is 2.51. The Labute approximate surface area is 147 Å². The first-order valence-electron chi connectivity index (χ1n) is 7.91. The average molecular weight is 342 g/mol. The van der Waals surface area contributed by atoms with Crippen LogP contribution in [0.1, 0.15) is 23.6 Å². The maximum Gasteiger partial charge on any atom is 0.336 e. The van der Waals surface area contributed by atoms with Crippen LogP contribution in [0.3, 0.4) is 0 Å². The van der Waals surface area contributed by atoms with E-state index in [0.717, 1.165) is 5.56 Å². The molecule has 25 heavy (non-hydrogen) atoms. The van der Waals surface area contributed by atoms with E-state index >= 15 is 0 Å². The average Bonchev–Trinajstić information content (AvgIpc) is 2.60. The summed E-state index contributed by atoms with van der Waals surface area (Å²) in [5.41, 5.74) is 2.33. The molecule has 5 heteroatoms. The summed E-state index contributed by atoms with van der Waals surface area (Å²) in [6, 6.07) is 10.7. The predicted molar refractivity (Wildman–Crippen MR) is 97.4 cm³/mol. The Hall–Kier alpha value is -2.95. The topological polar surface area (TPSA) is 65.0 Å². The molecule has 2 aromatic rings. The number of benzene rings is 2. The summed E-state index contributed by atoms with van der Waals surface area (Å²) in [4.78, 5) is 11.8. The number of ether oxygens (including phenoxy) is 3. The summed E-state index contributed by atoms with van der Waals surface area (Å²) < 4.78 is 16.1. The van der Waals surface area contributed by atoms with Crippen LogP contribution in [-0.2, 0) is 4.79 Å². The van der Waals surface area contributed by atoms with Crippen molar-refractivity contribution in [3.05, 3.63) is 53.1 Å². The van der Waals surface area contributed by atoms with Gasteiger partial charge in [0.15, 0.2) is 11.5 Å². The zero-order valence-electron chi connectivity index (χ0n) is 14.8. The highest BCUT2D eigenvalue weighted by molar-refractivity contribution is 6.21. The van der Waals surface area contributed by atoms with E-state index in [9.17, 15) is 9.90 Å². The molecule has 0 atom stereocenters. The Morgan fingerprint density at radius 3 is 2.32 bits per heavy atom. The van der Waals surface area contributed by atoms with Crippen molar-refractivity contribution < 1.29 is 24.1 Å². The highest BCUT2D eigenvalue weighted by atomic mass is 16.5. The van der Waals surface area contributed by atoms with Crippen LogP contribution >= 0.6 is 0 Å². The third-order valence-electron chi connectivity index (χ3n) is 3.67. The van der Waals surface area contributed by atoms with Crippen molar-refractivity contribution in [3.8, 4) is 17.2 Å². The summed E-state index contributed by atoms with van der Waals surface area (Å²) in [5, 5.41) is 9.69. The van der Waals surface area contributed by atoms with Gasteiger partial charge in [0.25, 0.3) is 0 Å². The number of hydrogen-bond donors (Lipinski definition) is 1. The summed E-state index contributed by atoms with van der Waals surface area (Å²) in [6.45, 7) is 4.27. The minimum absolute atomic E-state index is 0.146. The van der Waals surface area contributed by atoms with Crippen LogP contribution in [0.2, 0.25) is 0 Å². The molecule has 0 aromatic heterocycles. The largest absolute Gasteiger partial charge is 0.496 e. The van der Waals surface area contributed by atoms with Crippen molar-refractivity contribution in [2.24, 2.45) is 0 Å². The van der Waals surface area contributed by atoms with Crippen molar-refractivity contribution in [2.75, 3.05) is 20.8 Å². The third kappa shape index (κ3) is 4.32. The first-order valence-corrected chi connectivity index (χ1v) is 7.91. The van der Waals surface area contributed by atoms with E-state index < -0.39 is 5.97 Å². The summed E-state index contributed by atoms with van der Waals surface area (Å²) >= 11 is 0. The lowest BCUT2D eigenvalue weighted by molar-refractivity contribution is -0.130. The molecule has 2 rings (SSSR count). The van der Waals surface area contributed by atoms with Gasteiger partial charge < -0.3 is 19.3 Å². The molecule has 0 aliphatic heterocycles. The standard InChI is InChI=1S/C20H22O5/c1-5-25-19-12-14(7-9-18(19)24-4)11-16(20(21)22)15-10-13(2)6-8-17(15)23-3/h6-12H,5H2,1-4H3,(H,21,22)/b16-11-. The van der Waals surface area contributed by atoms with Crippen molar-refractivity contribution in [3.63, 3.8) is 0 Å². The third-order valence-corrected chi connectivity index (χ3v) is 3.67. The lowest BCUT2D eigenvalue weighted by Crippen LogP contribution is -2.02. The molecule has 0 saturated carbocycles. The molecule has 5 nitrogen and oxygen atoms in total. The molecule has 0 fully saturated rings. The Morgan fingerprint density at radius 2 is 1.72 bits per heavy atom. The van der Waals surface area contributed by atoms with Gasteiger partial charge in [-0.1, -0.05) is 17.7 Å². The van der Waals surface area contributed by atoms with E-state index in [1.807, 2.05) is 19.9 Å². The molecule has 0 saturated heterocycles. The van der Waals surface area contributed by atoms with Gasteiger partial charge in [0, 0.05) is 5.56 Å². The van der Waals surface area contributed by atoms with Gasteiger partial charge in [0.2, 0.25) is 0 Å². The molecule has 0 unspecified atom stereocenters. The second-order valence-corrected chi connectivity index (χ2v) is 5.41. The van der Waals surface area contributed by atoms with Crippen LogP contribution in [0.25, 0.3) is 11.6 Å². The summed E-state index contributed by atoms with van der Waals surface area (Å²) in [5.74, 6) is 0.652. The number of carbonyl (C=O) groups is 1. The van der Waals surface area contributed by atoms with E-state index in [4.69, 9.17) is 14.2 Å². The number of aryl methyl sites for hydroxylation is 1. The van der Waals surface area contributed by atoms with Gasteiger partial charge in [-0.15, -0.1) is 0 Å². The van der Waals surface area contributed by atoms with Crippen LogP contribution in [0.15, 0.2) is 36.4 Å². The van der Waals surface area contributed by atoms with Gasteiger partial charge in [-0.3, -0.25) is 0 Å². The van der Waals surface area contributed by atoms with Gasteiger partial charge >= 0.3 is 5.97 Å². The minimum Gasteiger partial charge on any atom is -0.496 e. The fourth-order valence-corrected chi connectivity index (χ4v) is 2.51. The van der Waals surface area contributed by atoms with E-state index in [1.165, 1.54) is 7.11 Å². The molecule has 0 spiro atoms. The monoisotopic (exact) mass is 342 g/mol. The number of hydrogen-bond acceptors (Lipinski definition) is 4. The molecule has 0 amide bonds. The van der Waals surface area contributed by atoms with Crippen LogP contribution < -0.4 is 14.2 Å². The van der Waals surface area contributed by atoms with Crippen LogP contribution in [-0.4, -0.2) is 31.9 Å². The highest BCUT2D eigenvalue weighted by Crippen LogP contribution is 2.32. The van der Waals surface area contributed by atoms with Gasteiger partial charge in [-0.05, 0) is 49.8 Å². The van der Waals surface area contributed by atoms with Gasteiger partial charge in [-0.25, -0.2) is 4.79 Å². The molecule has 0 aliphatic rings. The summed E-state index contributed by atoms with van der Waals surface area (Å²) in [6.07, 6.45) is 1.60. The lowest BCUT2D eigenvalue weighted by Gasteiger charge is -2.12. The maximum absolute atomic E-state index is 11.8. The molecule has 2 aromatic carbocycles. The second kappa shape index (κ2) is 8.24. The molecular formula is C20H22O5. The first kappa shape index (κ1) is 18.4. The Morgan fingerprint density at radius 1 is 1.04 bits per heavy atom. The van der Waals surface area contributed by atoms with Crippen LogP contribution in [0.5, 0.6) is 17.2 Å². The van der Waals surface area contributed by atoms with Crippen molar-refractivity contribution in [2.45, 2.75) is 13.8 Å². The zero-order chi connectivity index (χ0) is 18.4. The number of methoxy groups -OCH3 is 2. The number of carboxylic acids is 1. The fraction of sp³-hybridized carbons (Fsp3) is 0.250. The number of aliphatic carboxylic acids is 1. The molecule has 132 valence electrons. The Balaban J connectivity index is 2.56. The van der Waals surface area contributed by atoms with Crippen molar-refractivity contribution in [1.82, 2.24) is 0 Å². The quantitative estimate of drug-likeness (QED) is 0.608. The molecule has 0 bridgehead atoms. The van der Waals surface area contributed by atoms with Crippen LogP contribution in [0, 0.1) is 6.92 Å². The van der Waals surface area contributed by atoms with E-state index in [2.05, 4.69) is 0 Å². The number of carboxylic acid groups (broad SMARTS) is 1. The highest BCUT2D eigenvalue weighted by Gasteiger charge is 2.16. The van der Waals surface area contributed by atoms with E-state index in [1.54, 1.807) is 43.5 Å². The lowest BCUT2D eigenvalue weighted by atomic mass is 9.99. The SMILES string of the molecule is CCOc1cc(/C=C(\C(=O)O)c2cc(C)ccc2OC)ccc1OC. The smallest absolute Gasteiger partial charge is 0.336 e.